The van der Waals surface area contributed by atoms with Gasteiger partial charge in [-0.1, -0.05) is 120 Å². The van der Waals surface area contributed by atoms with E-state index in [1.165, 1.54) is 26.0 Å². The first-order valence-electron chi connectivity index (χ1n) is 17.9. The number of hydrogen-bond acceptors (Lipinski definition) is 14. The molecule has 0 aromatic rings. The molecule has 10 atom stereocenters. The van der Waals surface area contributed by atoms with Crippen LogP contribution < -0.4 is 0 Å². The summed E-state index contributed by atoms with van der Waals surface area (Å²) in [6.45, 7) is 9.46. The minimum atomic E-state index is -1.67. The number of aliphatic hydroxyl groups is 8. The Kier molecular flexibility index (Phi) is 20.8. The molecule has 8 N–H and O–H groups in total. The summed E-state index contributed by atoms with van der Waals surface area (Å²) in [5, 5.41) is 78.1. The van der Waals surface area contributed by atoms with E-state index in [0.29, 0.717) is 0 Å². The van der Waals surface area contributed by atoms with Crippen molar-refractivity contribution in [2.24, 2.45) is 0 Å². The summed E-state index contributed by atoms with van der Waals surface area (Å²) in [5.41, 5.74) is 4.24. The predicted octanol–water partition coefficient (Wildman–Crippen LogP) is 2.13. The van der Waals surface area contributed by atoms with Gasteiger partial charge in [-0.25, -0.2) is 9.59 Å². The number of ether oxygens (including phenoxy) is 4. The fraction of sp³-hybridized carbons (Fsp3) is 0.429. The quantitative estimate of drug-likeness (QED) is 0.0637. The van der Waals surface area contributed by atoms with Crippen molar-refractivity contribution in [2.45, 2.75) is 103 Å². The van der Waals surface area contributed by atoms with Crippen LogP contribution in [-0.4, -0.2) is 127 Å². The molecule has 0 aliphatic carbocycles. The summed E-state index contributed by atoms with van der Waals surface area (Å²) >= 11 is 0. The summed E-state index contributed by atoms with van der Waals surface area (Å²) in [7, 11) is 0. The SMILES string of the molecule is CC(/C=C/C=C(C)/C=C/C=C(\C)C(=O)O[C@@H]1O[C@H](CO)[C@@H](O)[C@H](O)[C@H]1O)=C\C=C\C=C(C)\C=C\C=C(C)\C=C\C=C(/C)C(=O)O[C@@H]1O[C@H](CO)[C@@H](O)[C@H](O)[C@H]1O. The molecule has 14 heteroatoms. The van der Waals surface area contributed by atoms with E-state index < -0.39 is 86.6 Å². The van der Waals surface area contributed by atoms with Gasteiger partial charge in [0.2, 0.25) is 12.6 Å². The number of aliphatic hydroxyl groups excluding tert-OH is 8. The van der Waals surface area contributed by atoms with Crippen LogP contribution in [0.1, 0.15) is 41.5 Å². The third-order valence-electron chi connectivity index (χ3n) is 8.46. The maximum atomic E-state index is 12.4. The highest BCUT2D eigenvalue weighted by molar-refractivity contribution is 5.88. The van der Waals surface area contributed by atoms with Crippen LogP contribution in [0.2, 0.25) is 0 Å². The Morgan fingerprint density at radius 3 is 1.04 bits per heavy atom. The third kappa shape index (κ3) is 15.7. The molecule has 2 rings (SSSR count). The van der Waals surface area contributed by atoms with Gasteiger partial charge in [-0.05, 0) is 41.5 Å². The maximum absolute atomic E-state index is 12.4. The van der Waals surface area contributed by atoms with Crippen LogP contribution in [0.4, 0.5) is 0 Å². The molecular weight excluding hydrogens is 728 g/mol. The van der Waals surface area contributed by atoms with Crippen LogP contribution in [-0.2, 0) is 28.5 Å². The molecule has 0 bridgehead atoms. The van der Waals surface area contributed by atoms with Crippen molar-refractivity contribution < 1.29 is 69.4 Å². The van der Waals surface area contributed by atoms with Crippen molar-refractivity contribution in [1.29, 1.82) is 0 Å². The Morgan fingerprint density at radius 2 is 0.732 bits per heavy atom. The van der Waals surface area contributed by atoms with Gasteiger partial charge in [0, 0.05) is 11.1 Å². The number of rotatable bonds is 16. The van der Waals surface area contributed by atoms with Crippen molar-refractivity contribution in [1.82, 2.24) is 0 Å². The number of hydrogen-bond donors (Lipinski definition) is 8. The molecule has 2 fully saturated rings. The summed E-state index contributed by atoms with van der Waals surface area (Å²) in [6.07, 6.45) is 14.0. The average molecular weight is 785 g/mol. The molecule has 56 heavy (non-hydrogen) atoms. The van der Waals surface area contributed by atoms with Gasteiger partial charge in [-0.3, -0.25) is 0 Å². The van der Waals surface area contributed by atoms with Crippen LogP contribution in [0.3, 0.4) is 0 Å². The molecule has 308 valence electrons. The molecule has 0 aromatic heterocycles. The van der Waals surface area contributed by atoms with Crippen molar-refractivity contribution in [3.8, 4) is 0 Å². The molecule has 0 saturated carbocycles. The zero-order valence-corrected chi connectivity index (χ0v) is 32.5. The maximum Gasteiger partial charge on any atom is 0.336 e. The second-order valence-corrected chi connectivity index (χ2v) is 13.4. The molecule has 2 aliphatic rings. The molecule has 0 radical (unpaired) electrons. The summed E-state index contributed by atoms with van der Waals surface area (Å²) in [4.78, 5) is 24.8. The van der Waals surface area contributed by atoms with Crippen molar-refractivity contribution >= 4 is 11.9 Å². The third-order valence-corrected chi connectivity index (χ3v) is 8.46. The molecule has 2 heterocycles. The fourth-order valence-electron chi connectivity index (χ4n) is 4.89. The second kappa shape index (κ2) is 24.3. The molecule has 0 amide bonds. The van der Waals surface area contributed by atoms with E-state index in [-0.39, 0.29) is 11.1 Å². The van der Waals surface area contributed by atoms with Crippen LogP contribution in [0.15, 0.2) is 131 Å². The molecule has 2 saturated heterocycles. The van der Waals surface area contributed by atoms with E-state index in [1.54, 1.807) is 24.3 Å². The molecule has 0 aromatic carbocycles. The van der Waals surface area contributed by atoms with E-state index in [4.69, 9.17) is 18.9 Å². The first-order valence-corrected chi connectivity index (χ1v) is 17.9. The van der Waals surface area contributed by atoms with E-state index in [2.05, 4.69) is 0 Å². The Bertz CT molecular complexity index is 1530. The summed E-state index contributed by atoms with van der Waals surface area (Å²) in [6, 6.07) is 0. The molecule has 2 aliphatic heterocycles. The van der Waals surface area contributed by atoms with Crippen molar-refractivity contribution in [3.05, 3.63) is 131 Å². The molecule has 0 unspecified atom stereocenters. The standard InChI is InChI=1S/C42H56O14/c1-25(15-9-17-27(3)19-11-21-29(5)39(51)55-41-37(49)35(47)33(45)31(23-43)53-41)13-7-8-14-26(2)16-10-18-28(4)20-12-22-30(6)40(52)56-42-38(50)36(48)34(46)32(24-44)54-42/h7-22,31-38,41-50H,23-24H2,1-6H3/b8-7+,15-9+,16-10+,19-11+,20-12+,25-13+,26-14+,27-17+,28-18+,29-21+,30-22+/t31-,32-,33-,34-,35+,36+,37-,38-,41+,42+/m1/s1. The molecule has 0 spiro atoms. The normalized spacial score (nSPS) is 30.8. The van der Waals surface area contributed by atoms with E-state index in [1.807, 2.05) is 88.5 Å². The first-order chi connectivity index (χ1) is 26.5. The molecular formula is C42H56O14. The lowest BCUT2D eigenvalue weighted by Gasteiger charge is -2.39. The Balaban J connectivity index is 1.82. The lowest BCUT2D eigenvalue weighted by Crippen LogP contribution is -2.59. The van der Waals surface area contributed by atoms with Gasteiger partial charge >= 0.3 is 11.9 Å². The smallest absolute Gasteiger partial charge is 0.336 e. The topological polar surface area (TPSA) is 233 Å². The number of carbonyl (C=O) groups is 2. The van der Waals surface area contributed by atoms with Crippen LogP contribution in [0, 0.1) is 0 Å². The first kappa shape index (κ1) is 47.8. The van der Waals surface area contributed by atoms with Crippen LogP contribution >= 0.6 is 0 Å². The second-order valence-electron chi connectivity index (χ2n) is 13.4. The fourth-order valence-corrected chi connectivity index (χ4v) is 4.89. The Morgan fingerprint density at radius 1 is 0.446 bits per heavy atom. The lowest BCUT2D eigenvalue weighted by molar-refractivity contribution is -0.291. The van der Waals surface area contributed by atoms with Crippen LogP contribution in [0.25, 0.3) is 0 Å². The van der Waals surface area contributed by atoms with Crippen molar-refractivity contribution in [2.75, 3.05) is 13.2 Å². The van der Waals surface area contributed by atoms with Crippen LogP contribution in [0.5, 0.6) is 0 Å². The number of carbonyl (C=O) groups excluding carboxylic acids is 2. The van der Waals surface area contributed by atoms with E-state index >= 15 is 0 Å². The van der Waals surface area contributed by atoms with Crippen molar-refractivity contribution in [3.63, 3.8) is 0 Å². The predicted molar refractivity (Wildman–Crippen MR) is 208 cm³/mol. The Hall–Kier alpha value is -4.32. The highest BCUT2D eigenvalue weighted by atomic mass is 16.7. The number of allylic oxidation sites excluding steroid dienone is 20. The van der Waals surface area contributed by atoms with Gasteiger partial charge in [0.05, 0.1) is 13.2 Å². The van der Waals surface area contributed by atoms with Gasteiger partial charge < -0.3 is 59.8 Å². The zero-order valence-electron chi connectivity index (χ0n) is 32.5. The van der Waals surface area contributed by atoms with Gasteiger partial charge in [-0.15, -0.1) is 0 Å². The monoisotopic (exact) mass is 784 g/mol. The average Bonchev–Trinajstić information content (AvgIpc) is 3.16. The van der Waals surface area contributed by atoms with Gasteiger partial charge in [0.1, 0.15) is 48.8 Å². The zero-order chi connectivity index (χ0) is 41.9. The summed E-state index contributed by atoms with van der Waals surface area (Å²) < 4.78 is 20.6. The minimum absolute atomic E-state index is 0.203. The molecule has 14 nitrogen and oxygen atoms in total. The van der Waals surface area contributed by atoms with Gasteiger partial charge in [-0.2, -0.15) is 0 Å². The highest BCUT2D eigenvalue weighted by Gasteiger charge is 2.46. The van der Waals surface area contributed by atoms with E-state index in [9.17, 15) is 50.4 Å². The Labute approximate surface area is 327 Å². The van der Waals surface area contributed by atoms with Gasteiger partial charge in [0.15, 0.2) is 0 Å². The number of esters is 2. The highest BCUT2D eigenvalue weighted by Crippen LogP contribution is 2.24. The lowest BCUT2D eigenvalue weighted by atomic mass is 9.99. The minimum Gasteiger partial charge on any atom is -0.429 e. The van der Waals surface area contributed by atoms with Gasteiger partial charge in [0.25, 0.3) is 0 Å². The largest absolute Gasteiger partial charge is 0.429 e. The summed E-state index contributed by atoms with van der Waals surface area (Å²) in [5.74, 6) is -1.59. The van der Waals surface area contributed by atoms with E-state index in [0.717, 1.165) is 22.3 Å².